The molecule has 2 aromatic rings. The van der Waals surface area contributed by atoms with Gasteiger partial charge in [0.15, 0.2) is 0 Å². The molecule has 0 spiro atoms. The van der Waals surface area contributed by atoms with Crippen LogP contribution in [0.25, 0.3) is 0 Å². The van der Waals surface area contributed by atoms with Crippen molar-refractivity contribution in [3.05, 3.63) is 58.1 Å². The smallest absolute Gasteiger partial charge is 0.272 e. The lowest BCUT2D eigenvalue weighted by Gasteiger charge is -2.21. The first-order valence-electron chi connectivity index (χ1n) is 8.13. The van der Waals surface area contributed by atoms with E-state index in [9.17, 15) is 9.90 Å². The normalized spacial score (nSPS) is 10.9. The van der Waals surface area contributed by atoms with E-state index in [0.29, 0.717) is 16.1 Å². The summed E-state index contributed by atoms with van der Waals surface area (Å²) in [6, 6.07) is 10.5. The molecule has 0 aliphatic heterocycles. The highest BCUT2D eigenvalue weighted by molar-refractivity contribution is 6.33. The molecule has 2 N–H and O–H groups in total. The Balaban J connectivity index is 2.08. The van der Waals surface area contributed by atoms with E-state index in [-0.39, 0.29) is 5.75 Å². The Morgan fingerprint density at radius 1 is 1.24 bits per heavy atom. The molecule has 0 unspecified atom stereocenters. The molecule has 0 bridgehead atoms. The lowest BCUT2D eigenvalue weighted by molar-refractivity contribution is 0.0955. The van der Waals surface area contributed by atoms with Crippen LogP contribution < -0.4 is 10.3 Å². The van der Waals surface area contributed by atoms with Gasteiger partial charge in [0.2, 0.25) is 0 Å². The van der Waals surface area contributed by atoms with Crippen molar-refractivity contribution in [2.75, 3.05) is 18.0 Å². The van der Waals surface area contributed by atoms with Crippen molar-refractivity contribution in [3.8, 4) is 5.75 Å². The van der Waals surface area contributed by atoms with E-state index in [1.165, 1.54) is 6.21 Å². The summed E-state index contributed by atoms with van der Waals surface area (Å²) < 4.78 is 0. The van der Waals surface area contributed by atoms with Crippen molar-refractivity contribution in [1.82, 2.24) is 5.43 Å². The molecule has 6 heteroatoms. The Morgan fingerprint density at radius 2 is 1.96 bits per heavy atom. The van der Waals surface area contributed by atoms with E-state index in [1.54, 1.807) is 24.3 Å². The van der Waals surface area contributed by atoms with Gasteiger partial charge >= 0.3 is 0 Å². The van der Waals surface area contributed by atoms with Crippen molar-refractivity contribution >= 4 is 29.4 Å². The molecular formula is C19H22ClN3O2. The fourth-order valence-corrected chi connectivity index (χ4v) is 2.77. The number of nitrogens with one attached hydrogen (secondary N) is 1. The number of halogens is 1. The number of rotatable bonds is 6. The second-order valence-corrected chi connectivity index (χ2v) is 6.01. The van der Waals surface area contributed by atoms with Crippen LogP contribution in [0.15, 0.2) is 41.5 Å². The third-order valence-corrected chi connectivity index (χ3v) is 4.19. The molecule has 0 aromatic heterocycles. The van der Waals surface area contributed by atoms with Gasteiger partial charge in [-0.15, -0.1) is 0 Å². The van der Waals surface area contributed by atoms with Gasteiger partial charge in [-0.25, -0.2) is 5.43 Å². The topological polar surface area (TPSA) is 64.9 Å². The van der Waals surface area contributed by atoms with Gasteiger partial charge in [-0.1, -0.05) is 17.7 Å². The Morgan fingerprint density at radius 3 is 2.56 bits per heavy atom. The standard InChI is InChI=1S/C19H22ClN3O2/c1-4-23(5-2)15-8-7-14(18(24)11-15)12-21-22-19(25)16-9-6-13(3)10-17(16)20/h6-12,24H,4-5H2,1-3H3,(H,22,25). The van der Waals surface area contributed by atoms with Gasteiger partial charge in [-0.05, 0) is 50.6 Å². The van der Waals surface area contributed by atoms with Gasteiger partial charge in [0, 0.05) is 30.4 Å². The van der Waals surface area contributed by atoms with Crippen LogP contribution in [0.2, 0.25) is 5.02 Å². The van der Waals surface area contributed by atoms with Gasteiger partial charge in [0.05, 0.1) is 16.8 Å². The summed E-state index contributed by atoms with van der Waals surface area (Å²) in [5.41, 5.74) is 5.21. The lowest BCUT2D eigenvalue weighted by atomic mass is 10.1. The number of aryl methyl sites for hydroxylation is 1. The molecule has 2 rings (SSSR count). The van der Waals surface area contributed by atoms with Crippen LogP contribution in [0.5, 0.6) is 5.75 Å². The van der Waals surface area contributed by atoms with Crippen LogP contribution in [-0.4, -0.2) is 30.3 Å². The predicted octanol–water partition coefficient (Wildman–Crippen LogP) is 3.96. The zero-order valence-corrected chi connectivity index (χ0v) is 15.3. The molecule has 0 fully saturated rings. The number of carbonyl (C=O) groups is 1. The Kier molecular flexibility index (Phi) is 6.42. The van der Waals surface area contributed by atoms with Crippen molar-refractivity contribution in [2.24, 2.45) is 5.10 Å². The Labute approximate surface area is 152 Å². The molecule has 0 heterocycles. The number of hydrogen-bond donors (Lipinski definition) is 2. The largest absolute Gasteiger partial charge is 0.507 e. The number of hydrazone groups is 1. The zero-order chi connectivity index (χ0) is 18.4. The first kappa shape index (κ1) is 18.8. The number of phenolic OH excluding ortho intramolecular Hbond substituents is 1. The van der Waals surface area contributed by atoms with Crippen LogP contribution in [0.3, 0.4) is 0 Å². The summed E-state index contributed by atoms with van der Waals surface area (Å²) in [5, 5.41) is 14.4. The number of anilines is 1. The number of carbonyl (C=O) groups excluding carboxylic acids is 1. The molecular weight excluding hydrogens is 338 g/mol. The van der Waals surface area contributed by atoms with Crippen molar-refractivity contribution in [2.45, 2.75) is 20.8 Å². The van der Waals surface area contributed by atoms with Crippen molar-refractivity contribution in [1.29, 1.82) is 0 Å². The van der Waals surface area contributed by atoms with Gasteiger partial charge in [-0.3, -0.25) is 4.79 Å². The summed E-state index contributed by atoms with van der Waals surface area (Å²) in [5.74, 6) is -0.295. The summed E-state index contributed by atoms with van der Waals surface area (Å²) in [6.45, 7) is 7.73. The molecule has 0 saturated heterocycles. The van der Waals surface area contributed by atoms with E-state index >= 15 is 0 Å². The summed E-state index contributed by atoms with van der Waals surface area (Å²) in [6.07, 6.45) is 1.40. The van der Waals surface area contributed by atoms with Crippen molar-refractivity contribution < 1.29 is 9.90 Å². The second-order valence-electron chi connectivity index (χ2n) is 5.60. The molecule has 25 heavy (non-hydrogen) atoms. The molecule has 1 amide bonds. The maximum absolute atomic E-state index is 12.1. The van der Waals surface area contributed by atoms with E-state index in [4.69, 9.17) is 11.6 Å². The third kappa shape index (κ3) is 4.73. The van der Waals surface area contributed by atoms with Gasteiger partial charge in [-0.2, -0.15) is 5.10 Å². The predicted molar refractivity (Wildman–Crippen MR) is 103 cm³/mol. The molecule has 5 nitrogen and oxygen atoms in total. The maximum atomic E-state index is 12.1. The number of nitrogens with zero attached hydrogens (tertiary/aromatic N) is 2. The molecule has 0 aliphatic rings. The SMILES string of the molecule is CCN(CC)c1ccc(C=NNC(=O)c2ccc(C)cc2Cl)c(O)c1. The Hall–Kier alpha value is -2.53. The molecule has 0 saturated carbocycles. The quantitative estimate of drug-likeness (QED) is 0.606. The van der Waals surface area contributed by atoms with Gasteiger partial charge in [0.1, 0.15) is 5.75 Å². The fraction of sp³-hybridized carbons (Fsp3) is 0.263. The second kappa shape index (κ2) is 8.53. The summed E-state index contributed by atoms with van der Waals surface area (Å²) in [7, 11) is 0. The van der Waals surface area contributed by atoms with Gasteiger partial charge in [0.25, 0.3) is 5.91 Å². The number of amides is 1. The number of hydrogen-bond acceptors (Lipinski definition) is 4. The minimum absolute atomic E-state index is 0.107. The average molecular weight is 360 g/mol. The maximum Gasteiger partial charge on any atom is 0.272 e. The Bertz CT molecular complexity index is 786. The molecule has 0 atom stereocenters. The lowest BCUT2D eigenvalue weighted by Crippen LogP contribution is -2.21. The molecule has 0 aliphatic carbocycles. The molecule has 2 aromatic carbocycles. The zero-order valence-electron chi connectivity index (χ0n) is 14.6. The van der Waals surface area contributed by atoms with Crippen LogP contribution in [-0.2, 0) is 0 Å². The summed E-state index contributed by atoms with van der Waals surface area (Å²) in [4.78, 5) is 14.2. The molecule has 0 radical (unpaired) electrons. The van der Waals surface area contributed by atoms with Crippen molar-refractivity contribution in [3.63, 3.8) is 0 Å². The highest BCUT2D eigenvalue weighted by atomic mass is 35.5. The average Bonchev–Trinajstić information content (AvgIpc) is 2.57. The fourth-order valence-electron chi connectivity index (χ4n) is 2.45. The molecule has 132 valence electrons. The first-order valence-corrected chi connectivity index (χ1v) is 8.51. The monoisotopic (exact) mass is 359 g/mol. The minimum Gasteiger partial charge on any atom is -0.507 e. The van der Waals surface area contributed by atoms with E-state index in [2.05, 4.69) is 29.3 Å². The van der Waals surface area contributed by atoms with Crippen LogP contribution in [0.4, 0.5) is 5.69 Å². The van der Waals surface area contributed by atoms with Gasteiger partial charge < -0.3 is 10.0 Å². The van der Waals surface area contributed by atoms with E-state index < -0.39 is 5.91 Å². The van der Waals surface area contributed by atoms with Crippen LogP contribution in [0.1, 0.15) is 35.3 Å². The van der Waals surface area contributed by atoms with E-state index in [1.807, 2.05) is 19.1 Å². The van der Waals surface area contributed by atoms with E-state index in [0.717, 1.165) is 24.3 Å². The minimum atomic E-state index is -0.402. The van der Waals surface area contributed by atoms with Crippen LogP contribution >= 0.6 is 11.6 Å². The summed E-state index contributed by atoms with van der Waals surface area (Å²) >= 11 is 6.06. The highest BCUT2D eigenvalue weighted by Crippen LogP contribution is 2.23. The first-order chi connectivity index (χ1) is 12.0. The number of benzene rings is 2. The highest BCUT2D eigenvalue weighted by Gasteiger charge is 2.09. The third-order valence-electron chi connectivity index (χ3n) is 3.88. The number of phenols is 1. The number of aromatic hydroxyl groups is 1. The van der Waals surface area contributed by atoms with Crippen LogP contribution in [0, 0.1) is 6.92 Å².